The summed E-state index contributed by atoms with van der Waals surface area (Å²) in [5.74, 6) is -1.07. The average Bonchev–Trinajstić information content (AvgIpc) is 2.61. The minimum atomic E-state index is -1.07. The Bertz CT molecular complexity index is 759. The molecule has 5 nitrogen and oxygen atoms in total. The normalized spacial score (nSPS) is 10.6. The number of halogens is 1. The number of carboxylic acids is 1. The number of ether oxygens (including phenoxy) is 1. The van der Waals surface area contributed by atoms with Crippen molar-refractivity contribution >= 4 is 29.7 Å². The SMILES string of the molecule is O=C(NCCC=Cc1ccc(Cl)c(C(=O)O)c1)OCc1ccccc1. The number of amides is 1. The molecule has 0 aliphatic rings. The molecule has 0 aromatic heterocycles. The first kappa shape index (κ1) is 18.5. The van der Waals surface area contributed by atoms with E-state index in [1.165, 1.54) is 6.07 Å². The van der Waals surface area contributed by atoms with Crippen molar-refractivity contribution in [2.24, 2.45) is 0 Å². The Morgan fingerprint density at radius 2 is 1.92 bits per heavy atom. The summed E-state index contributed by atoms with van der Waals surface area (Å²) in [6.07, 6.45) is 3.73. The molecule has 130 valence electrons. The standard InChI is InChI=1S/C19H18ClNO4/c20-17-10-9-14(12-16(17)18(22)23)6-4-5-11-21-19(24)25-13-15-7-2-1-3-8-15/h1-4,6-10,12H,5,11,13H2,(H,21,24)(H,22,23). The van der Waals surface area contributed by atoms with Crippen LogP contribution in [0.3, 0.4) is 0 Å². The van der Waals surface area contributed by atoms with Crippen molar-refractivity contribution in [2.75, 3.05) is 6.54 Å². The van der Waals surface area contributed by atoms with E-state index in [0.29, 0.717) is 13.0 Å². The summed E-state index contributed by atoms with van der Waals surface area (Å²) in [7, 11) is 0. The summed E-state index contributed by atoms with van der Waals surface area (Å²) in [5, 5.41) is 11.9. The van der Waals surface area contributed by atoms with Gasteiger partial charge in [-0.25, -0.2) is 9.59 Å². The molecule has 0 saturated carbocycles. The van der Waals surface area contributed by atoms with Gasteiger partial charge >= 0.3 is 12.1 Å². The zero-order chi connectivity index (χ0) is 18.1. The van der Waals surface area contributed by atoms with Gasteiger partial charge in [-0.3, -0.25) is 0 Å². The van der Waals surface area contributed by atoms with Crippen molar-refractivity contribution < 1.29 is 19.4 Å². The molecule has 0 aliphatic carbocycles. The third-order valence-corrected chi connectivity index (χ3v) is 3.65. The lowest BCUT2D eigenvalue weighted by Gasteiger charge is -2.06. The Morgan fingerprint density at radius 1 is 1.16 bits per heavy atom. The minimum Gasteiger partial charge on any atom is -0.478 e. The van der Waals surface area contributed by atoms with E-state index in [4.69, 9.17) is 21.4 Å². The average molecular weight is 360 g/mol. The molecule has 6 heteroatoms. The van der Waals surface area contributed by atoms with Gasteiger partial charge in [0.2, 0.25) is 0 Å². The second-order valence-corrected chi connectivity index (χ2v) is 5.63. The third-order valence-electron chi connectivity index (χ3n) is 3.32. The number of hydrogen-bond donors (Lipinski definition) is 2. The van der Waals surface area contributed by atoms with Crippen LogP contribution in [-0.4, -0.2) is 23.7 Å². The molecule has 0 saturated heterocycles. The Kier molecular flexibility index (Phi) is 7.04. The highest BCUT2D eigenvalue weighted by atomic mass is 35.5. The molecule has 0 unspecified atom stereocenters. The predicted molar refractivity (Wildman–Crippen MR) is 96.7 cm³/mol. The number of carboxylic acid groups (broad SMARTS) is 1. The number of aromatic carboxylic acids is 1. The molecule has 1 amide bonds. The second kappa shape index (κ2) is 9.49. The summed E-state index contributed by atoms with van der Waals surface area (Å²) < 4.78 is 5.09. The van der Waals surface area contributed by atoms with Crippen LogP contribution in [0.15, 0.2) is 54.6 Å². The molecule has 2 aromatic rings. The van der Waals surface area contributed by atoms with Crippen LogP contribution in [0.25, 0.3) is 6.08 Å². The first-order chi connectivity index (χ1) is 12.1. The Hall–Kier alpha value is -2.79. The molecular weight excluding hydrogens is 342 g/mol. The zero-order valence-corrected chi connectivity index (χ0v) is 14.2. The molecule has 25 heavy (non-hydrogen) atoms. The van der Waals surface area contributed by atoms with E-state index in [1.807, 2.05) is 36.4 Å². The first-order valence-electron chi connectivity index (χ1n) is 7.70. The van der Waals surface area contributed by atoms with Crippen LogP contribution in [0, 0.1) is 0 Å². The fraction of sp³-hybridized carbons (Fsp3) is 0.158. The topological polar surface area (TPSA) is 75.6 Å². The molecule has 0 heterocycles. The van der Waals surface area contributed by atoms with E-state index < -0.39 is 12.1 Å². The van der Waals surface area contributed by atoms with Crippen LogP contribution < -0.4 is 5.32 Å². The smallest absolute Gasteiger partial charge is 0.407 e. The molecule has 0 fully saturated rings. The van der Waals surface area contributed by atoms with Gasteiger partial charge < -0.3 is 15.2 Å². The van der Waals surface area contributed by atoms with Crippen molar-refractivity contribution in [3.05, 3.63) is 76.3 Å². The van der Waals surface area contributed by atoms with Crippen LogP contribution in [-0.2, 0) is 11.3 Å². The number of carbonyl (C=O) groups is 2. The quantitative estimate of drug-likeness (QED) is 0.720. The largest absolute Gasteiger partial charge is 0.478 e. The first-order valence-corrected chi connectivity index (χ1v) is 8.08. The minimum absolute atomic E-state index is 0.0615. The maximum Gasteiger partial charge on any atom is 0.407 e. The molecule has 2 aromatic carbocycles. The molecule has 0 bridgehead atoms. The molecule has 0 aliphatic heterocycles. The van der Waals surface area contributed by atoms with E-state index in [2.05, 4.69) is 5.32 Å². The molecule has 0 atom stereocenters. The van der Waals surface area contributed by atoms with Crippen LogP contribution in [0.1, 0.15) is 27.9 Å². The Labute approximate surface area is 150 Å². The summed E-state index contributed by atoms with van der Waals surface area (Å²) in [4.78, 5) is 22.6. The van der Waals surface area contributed by atoms with Crippen LogP contribution in [0.2, 0.25) is 5.02 Å². The lowest BCUT2D eigenvalue weighted by Crippen LogP contribution is -2.24. The molecular formula is C19H18ClNO4. The van der Waals surface area contributed by atoms with Crippen molar-refractivity contribution in [1.29, 1.82) is 0 Å². The van der Waals surface area contributed by atoms with Gasteiger partial charge in [0, 0.05) is 6.54 Å². The number of benzene rings is 2. The summed E-state index contributed by atoms with van der Waals surface area (Å²) in [6, 6.07) is 14.2. The van der Waals surface area contributed by atoms with Gasteiger partial charge in [0.15, 0.2) is 0 Å². The van der Waals surface area contributed by atoms with Gasteiger partial charge in [0.1, 0.15) is 6.61 Å². The van der Waals surface area contributed by atoms with Crippen molar-refractivity contribution in [2.45, 2.75) is 13.0 Å². The molecule has 0 spiro atoms. The Morgan fingerprint density at radius 3 is 2.64 bits per heavy atom. The van der Waals surface area contributed by atoms with Gasteiger partial charge in [0.05, 0.1) is 10.6 Å². The van der Waals surface area contributed by atoms with Gasteiger partial charge in [-0.1, -0.05) is 60.2 Å². The highest BCUT2D eigenvalue weighted by Gasteiger charge is 2.08. The van der Waals surface area contributed by atoms with Crippen molar-refractivity contribution in [3.63, 3.8) is 0 Å². The van der Waals surface area contributed by atoms with E-state index >= 15 is 0 Å². The lowest BCUT2D eigenvalue weighted by atomic mass is 10.1. The monoisotopic (exact) mass is 359 g/mol. The zero-order valence-electron chi connectivity index (χ0n) is 13.4. The van der Waals surface area contributed by atoms with Crippen molar-refractivity contribution in [3.8, 4) is 0 Å². The number of carbonyl (C=O) groups excluding carboxylic acids is 1. The van der Waals surface area contributed by atoms with Gasteiger partial charge in [0.25, 0.3) is 0 Å². The van der Waals surface area contributed by atoms with Crippen LogP contribution in [0.5, 0.6) is 0 Å². The molecule has 2 N–H and O–H groups in total. The van der Waals surface area contributed by atoms with Gasteiger partial charge in [-0.05, 0) is 29.7 Å². The van der Waals surface area contributed by atoms with Crippen LogP contribution in [0.4, 0.5) is 4.79 Å². The van der Waals surface area contributed by atoms with E-state index in [1.54, 1.807) is 18.2 Å². The number of nitrogens with one attached hydrogen (secondary N) is 1. The summed E-state index contributed by atoms with van der Waals surface area (Å²) in [5.41, 5.74) is 1.72. The van der Waals surface area contributed by atoms with Crippen molar-refractivity contribution in [1.82, 2.24) is 5.32 Å². The number of rotatable bonds is 7. The van der Waals surface area contributed by atoms with E-state index in [-0.39, 0.29) is 17.2 Å². The second-order valence-electron chi connectivity index (χ2n) is 5.22. The molecule has 2 rings (SSSR count). The van der Waals surface area contributed by atoms with Gasteiger partial charge in [-0.15, -0.1) is 0 Å². The summed E-state index contributed by atoms with van der Waals surface area (Å²) >= 11 is 5.82. The highest BCUT2D eigenvalue weighted by molar-refractivity contribution is 6.33. The predicted octanol–water partition coefficient (Wildman–Crippen LogP) is 4.37. The maximum atomic E-state index is 11.6. The van der Waals surface area contributed by atoms with E-state index in [0.717, 1.165) is 11.1 Å². The number of alkyl carbamates (subject to hydrolysis) is 1. The van der Waals surface area contributed by atoms with Crippen LogP contribution >= 0.6 is 11.6 Å². The van der Waals surface area contributed by atoms with Gasteiger partial charge in [-0.2, -0.15) is 0 Å². The molecule has 0 radical (unpaired) electrons. The third kappa shape index (κ3) is 6.31. The lowest BCUT2D eigenvalue weighted by molar-refractivity contribution is 0.0697. The summed E-state index contributed by atoms with van der Waals surface area (Å²) in [6.45, 7) is 0.648. The Balaban J connectivity index is 1.72. The number of hydrogen-bond acceptors (Lipinski definition) is 3. The fourth-order valence-electron chi connectivity index (χ4n) is 2.06. The maximum absolute atomic E-state index is 11.6. The van der Waals surface area contributed by atoms with E-state index in [9.17, 15) is 9.59 Å². The fourth-order valence-corrected chi connectivity index (χ4v) is 2.26. The highest BCUT2D eigenvalue weighted by Crippen LogP contribution is 2.18.